The maximum atomic E-state index is 11.9. The zero-order chi connectivity index (χ0) is 14.4. The van der Waals surface area contributed by atoms with Crippen molar-refractivity contribution in [3.63, 3.8) is 0 Å². The van der Waals surface area contributed by atoms with Gasteiger partial charge in [-0.05, 0) is 23.8 Å². The van der Waals surface area contributed by atoms with E-state index in [2.05, 4.69) is 5.32 Å². The van der Waals surface area contributed by atoms with E-state index in [-0.39, 0.29) is 18.1 Å². The highest BCUT2D eigenvalue weighted by molar-refractivity contribution is 5.79. The lowest BCUT2D eigenvalue weighted by Crippen LogP contribution is -2.24. The fourth-order valence-electron chi connectivity index (χ4n) is 1.95. The number of carbonyl (C=O) groups is 1. The largest absolute Gasteiger partial charge is 0.508 e. The summed E-state index contributed by atoms with van der Waals surface area (Å²) in [5.74, 6) is 0.819. The normalized spacial score (nSPS) is 10.1. The molecule has 0 spiro atoms. The molecule has 0 fully saturated rings. The van der Waals surface area contributed by atoms with Gasteiger partial charge in [-0.25, -0.2) is 0 Å². The molecule has 0 radical (unpaired) electrons. The molecule has 4 nitrogen and oxygen atoms in total. The molecule has 0 aromatic heterocycles. The zero-order valence-corrected chi connectivity index (χ0v) is 11.3. The SMILES string of the molecule is COc1ccccc1CC(=O)NCc1cccc(O)c1. The van der Waals surface area contributed by atoms with E-state index >= 15 is 0 Å². The van der Waals surface area contributed by atoms with Crippen LogP contribution in [0.2, 0.25) is 0 Å². The Morgan fingerprint density at radius 1 is 1.20 bits per heavy atom. The van der Waals surface area contributed by atoms with Gasteiger partial charge in [0.1, 0.15) is 11.5 Å². The first-order chi connectivity index (χ1) is 9.69. The van der Waals surface area contributed by atoms with Crippen molar-refractivity contribution in [3.8, 4) is 11.5 Å². The lowest BCUT2D eigenvalue weighted by Gasteiger charge is -2.09. The second kappa shape index (κ2) is 6.61. The van der Waals surface area contributed by atoms with Gasteiger partial charge in [-0.1, -0.05) is 30.3 Å². The quantitative estimate of drug-likeness (QED) is 0.877. The maximum Gasteiger partial charge on any atom is 0.224 e. The average molecular weight is 271 g/mol. The fraction of sp³-hybridized carbons (Fsp3) is 0.188. The molecule has 2 aromatic rings. The van der Waals surface area contributed by atoms with Crippen molar-refractivity contribution in [1.29, 1.82) is 0 Å². The molecule has 0 bridgehead atoms. The molecular weight excluding hydrogens is 254 g/mol. The molecule has 0 unspecified atom stereocenters. The lowest BCUT2D eigenvalue weighted by molar-refractivity contribution is -0.120. The van der Waals surface area contributed by atoms with Crippen LogP contribution in [0.25, 0.3) is 0 Å². The van der Waals surface area contributed by atoms with Gasteiger partial charge >= 0.3 is 0 Å². The van der Waals surface area contributed by atoms with Gasteiger partial charge in [0, 0.05) is 12.1 Å². The van der Waals surface area contributed by atoms with Gasteiger partial charge in [0.05, 0.1) is 13.5 Å². The summed E-state index contributed by atoms with van der Waals surface area (Å²) in [7, 11) is 1.59. The number of aromatic hydroxyl groups is 1. The van der Waals surface area contributed by atoms with Crippen LogP contribution < -0.4 is 10.1 Å². The van der Waals surface area contributed by atoms with Gasteiger partial charge in [0.15, 0.2) is 0 Å². The Morgan fingerprint density at radius 3 is 2.75 bits per heavy atom. The summed E-state index contributed by atoms with van der Waals surface area (Å²) in [6.07, 6.45) is 0.267. The monoisotopic (exact) mass is 271 g/mol. The van der Waals surface area contributed by atoms with Crippen LogP contribution in [0, 0.1) is 0 Å². The predicted molar refractivity (Wildman–Crippen MR) is 76.7 cm³/mol. The van der Waals surface area contributed by atoms with Crippen LogP contribution >= 0.6 is 0 Å². The van der Waals surface area contributed by atoms with Gasteiger partial charge < -0.3 is 15.2 Å². The molecule has 2 aromatic carbocycles. The third-order valence-corrected chi connectivity index (χ3v) is 2.94. The van der Waals surface area contributed by atoms with Gasteiger partial charge in [0.25, 0.3) is 0 Å². The first-order valence-corrected chi connectivity index (χ1v) is 6.35. The first-order valence-electron chi connectivity index (χ1n) is 6.35. The Balaban J connectivity index is 1.93. The Bertz CT molecular complexity index is 596. The second-order valence-corrected chi connectivity index (χ2v) is 4.44. The van der Waals surface area contributed by atoms with E-state index in [4.69, 9.17) is 4.74 Å². The number of amides is 1. The highest BCUT2D eigenvalue weighted by atomic mass is 16.5. The molecule has 2 rings (SSSR count). The van der Waals surface area contributed by atoms with E-state index in [1.54, 1.807) is 25.3 Å². The predicted octanol–water partition coefficient (Wildman–Crippen LogP) is 2.26. The number of methoxy groups -OCH3 is 1. The van der Waals surface area contributed by atoms with Crippen molar-refractivity contribution in [2.24, 2.45) is 0 Å². The van der Waals surface area contributed by atoms with Crippen molar-refractivity contribution in [3.05, 3.63) is 59.7 Å². The number of ether oxygens (including phenoxy) is 1. The van der Waals surface area contributed by atoms with Gasteiger partial charge in [-0.15, -0.1) is 0 Å². The highest BCUT2D eigenvalue weighted by Gasteiger charge is 2.07. The lowest BCUT2D eigenvalue weighted by atomic mass is 10.1. The molecule has 2 N–H and O–H groups in total. The first kappa shape index (κ1) is 13.9. The number of rotatable bonds is 5. The Morgan fingerprint density at radius 2 is 2.00 bits per heavy atom. The Hall–Kier alpha value is -2.49. The molecule has 0 aliphatic heterocycles. The van der Waals surface area contributed by atoms with E-state index in [1.807, 2.05) is 30.3 Å². The summed E-state index contributed by atoms with van der Waals surface area (Å²) in [5.41, 5.74) is 1.71. The van der Waals surface area contributed by atoms with E-state index in [0.717, 1.165) is 11.1 Å². The number of hydrogen-bond donors (Lipinski definition) is 2. The number of para-hydroxylation sites is 1. The van der Waals surface area contributed by atoms with Gasteiger partial charge in [0.2, 0.25) is 5.91 Å². The van der Waals surface area contributed by atoms with E-state index in [1.165, 1.54) is 0 Å². The summed E-state index contributed by atoms with van der Waals surface area (Å²) in [4.78, 5) is 11.9. The summed E-state index contributed by atoms with van der Waals surface area (Å²) in [6, 6.07) is 14.3. The fourth-order valence-corrected chi connectivity index (χ4v) is 1.95. The van der Waals surface area contributed by atoms with E-state index in [9.17, 15) is 9.90 Å². The number of phenols is 1. The van der Waals surface area contributed by atoms with E-state index < -0.39 is 0 Å². The molecule has 0 aliphatic rings. The Labute approximate surface area is 118 Å². The van der Waals surface area contributed by atoms with Crippen LogP contribution in [-0.4, -0.2) is 18.1 Å². The standard InChI is InChI=1S/C16H17NO3/c1-20-15-8-3-2-6-13(15)10-16(19)17-11-12-5-4-7-14(18)9-12/h2-9,18H,10-11H2,1H3,(H,17,19). The summed E-state index contributed by atoms with van der Waals surface area (Å²) < 4.78 is 5.21. The maximum absolute atomic E-state index is 11.9. The third-order valence-electron chi connectivity index (χ3n) is 2.94. The number of carbonyl (C=O) groups excluding carboxylic acids is 1. The molecule has 0 saturated heterocycles. The molecule has 0 aliphatic carbocycles. The Kier molecular flexibility index (Phi) is 4.60. The molecule has 0 atom stereocenters. The number of phenolic OH excluding ortho intramolecular Hbond substituents is 1. The zero-order valence-electron chi connectivity index (χ0n) is 11.3. The molecular formula is C16H17NO3. The van der Waals surface area contributed by atoms with Crippen molar-refractivity contribution in [2.45, 2.75) is 13.0 Å². The molecule has 0 heterocycles. The van der Waals surface area contributed by atoms with Crippen LogP contribution in [0.15, 0.2) is 48.5 Å². The molecule has 1 amide bonds. The van der Waals surface area contributed by atoms with Crippen molar-refractivity contribution in [2.75, 3.05) is 7.11 Å². The minimum Gasteiger partial charge on any atom is -0.508 e. The van der Waals surface area contributed by atoms with Gasteiger partial charge in [-0.2, -0.15) is 0 Å². The number of benzene rings is 2. The van der Waals surface area contributed by atoms with Crippen molar-refractivity contribution in [1.82, 2.24) is 5.32 Å². The van der Waals surface area contributed by atoms with Crippen LogP contribution in [0.5, 0.6) is 11.5 Å². The molecule has 104 valence electrons. The second-order valence-electron chi connectivity index (χ2n) is 4.44. The molecule has 4 heteroatoms. The number of hydrogen-bond acceptors (Lipinski definition) is 3. The smallest absolute Gasteiger partial charge is 0.224 e. The highest BCUT2D eigenvalue weighted by Crippen LogP contribution is 2.17. The minimum absolute atomic E-state index is 0.0853. The van der Waals surface area contributed by atoms with Crippen LogP contribution in [0.4, 0.5) is 0 Å². The van der Waals surface area contributed by atoms with Crippen molar-refractivity contribution < 1.29 is 14.6 Å². The van der Waals surface area contributed by atoms with Crippen molar-refractivity contribution >= 4 is 5.91 Å². The van der Waals surface area contributed by atoms with Crippen LogP contribution in [0.3, 0.4) is 0 Å². The van der Waals surface area contributed by atoms with E-state index in [0.29, 0.717) is 12.3 Å². The molecule has 0 saturated carbocycles. The topological polar surface area (TPSA) is 58.6 Å². The number of nitrogens with one attached hydrogen (secondary N) is 1. The summed E-state index contributed by atoms with van der Waals surface area (Å²) in [5, 5.41) is 12.2. The molecule has 20 heavy (non-hydrogen) atoms. The van der Waals surface area contributed by atoms with Gasteiger partial charge in [-0.3, -0.25) is 4.79 Å². The summed E-state index contributed by atoms with van der Waals surface area (Å²) >= 11 is 0. The van der Waals surface area contributed by atoms with Crippen LogP contribution in [0.1, 0.15) is 11.1 Å². The third kappa shape index (κ3) is 3.75. The minimum atomic E-state index is -0.0853. The summed E-state index contributed by atoms with van der Waals surface area (Å²) in [6.45, 7) is 0.391. The average Bonchev–Trinajstić information content (AvgIpc) is 2.46. The van der Waals surface area contributed by atoms with Crippen LogP contribution in [-0.2, 0) is 17.8 Å².